The number of H-pyrrole nitrogens is 1. The van der Waals surface area contributed by atoms with E-state index in [0.29, 0.717) is 18.0 Å². The lowest BCUT2D eigenvalue weighted by atomic mass is 10.0. The van der Waals surface area contributed by atoms with Gasteiger partial charge in [0.2, 0.25) is 0 Å². The maximum absolute atomic E-state index is 13.3. The molecular weight excluding hydrogens is 419 g/mol. The minimum absolute atomic E-state index is 0.522. The molecule has 3 N–H and O–H groups in total. The van der Waals surface area contributed by atoms with Crippen LogP contribution in [0.2, 0.25) is 0 Å². The molecule has 1 aliphatic carbocycles. The van der Waals surface area contributed by atoms with E-state index in [1.54, 1.807) is 6.07 Å². The summed E-state index contributed by atoms with van der Waals surface area (Å²) in [6, 6.07) is 12.3. The molecule has 1 aromatic heterocycles. The van der Waals surface area contributed by atoms with Crippen LogP contribution >= 0.6 is 11.8 Å². The van der Waals surface area contributed by atoms with Crippen molar-refractivity contribution in [3.63, 3.8) is 0 Å². The molecule has 0 amide bonds. The molecule has 3 nitrogen and oxygen atoms in total. The van der Waals surface area contributed by atoms with E-state index in [4.69, 9.17) is 5.73 Å². The van der Waals surface area contributed by atoms with Crippen LogP contribution in [0.4, 0.5) is 24.5 Å². The maximum Gasteiger partial charge on any atom is 0.416 e. The van der Waals surface area contributed by atoms with Crippen molar-refractivity contribution in [2.24, 2.45) is 5.73 Å². The normalized spacial score (nSPS) is 14.9. The molecule has 0 unspecified atom stereocenters. The van der Waals surface area contributed by atoms with Crippen molar-refractivity contribution in [1.29, 1.82) is 0 Å². The summed E-state index contributed by atoms with van der Waals surface area (Å²) in [5, 5.41) is 0. The van der Waals surface area contributed by atoms with Gasteiger partial charge in [0.15, 0.2) is 0 Å². The van der Waals surface area contributed by atoms with Gasteiger partial charge in [-0.3, -0.25) is 0 Å². The Labute approximate surface area is 183 Å². The van der Waals surface area contributed by atoms with Gasteiger partial charge in [0.25, 0.3) is 0 Å². The van der Waals surface area contributed by atoms with Crippen LogP contribution in [0.1, 0.15) is 29.7 Å². The zero-order valence-corrected chi connectivity index (χ0v) is 17.6. The van der Waals surface area contributed by atoms with Crippen LogP contribution in [-0.2, 0) is 12.6 Å². The van der Waals surface area contributed by atoms with Crippen LogP contribution in [0, 0.1) is 0 Å². The van der Waals surface area contributed by atoms with Crippen molar-refractivity contribution in [2.75, 3.05) is 18.0 Å². The SMILES string of the molecule is NCCCN1c2ccc(-c3cc4c([nH]3)CCC=C4)cc2Sc2cc(C(F)(F)F)ccc21. The summed E-state index contributed by atoms with van der Waals surface area (Å²) in [7, 11) is 0. The van der Waals surface area contributed by atoms with Gasteiger partial charge in [-0.1, -0.05) is 30.0 Å². The number of nitrogens with zero attached hydrogens (tertiary/aromatic N) is 1. The molecule has 0 saturated heterocycles. The molecule has 0 spiro atoms. The summed E-state index contributed by atoms with van der Waals surface area (Å²) < 4.78 is 39.9. The third-order valence-electron chi connectivity index (χ3n) is 5.74. The predicted molar refractivity (Wildman–Crippen MR) is 120 cm³/mol. The average molecular weight is 442 g/mol. The third-order valence-corrected chi connectivity index (χ3v) is 6.83. The number of benzene rings is 2. The number of aromatic nitrogens is 1. The van der Waals surface area contributed by atoms with Gasteiger partial charge in [-0.15, -0.1) is 0 Å². The van der Waals surface area contributed by atoms with Gasteiger partial charge in [-0.2, -0.15) is 13.2 Å². The van der Waals surface area contributed by atoms with E-state index in [0.717, 1.165) is 52.9 Å². The lowest BCUT2D eigenvalue weighted by Gasteiger charge is -2.33. The van der Waals surface area contributed by atoms with Gasteiger partial charge in [0, 0.05) is 27.7 Å². The van der Waals surface area contributed by atoms with E-state index in [1.165, 1.54) is 29.1 Å². The van der Waals surface area contributed by atoms with Crippen molar-refractivity contribution in [1.82, 2.24) is 4.98 Å². The average Bonchev–Trinajstić information content (AvgIpc) is 3.19. The minimum atomic E-state index is -4.36. The van der Waals surface area contributed by atoms with Crippen molar-refractivity contribution < 1.29 is 13.2 Å². The molecule has 0 atom stereocenters. The fourth-order valence-corrected chi connectivity index (χ4v) is 5.36. The number of rotatable bonds is 4. The summed E-state index contributed by atoms with van der Waals surface area (Å²) in [5.74, 6) is 0. The molecule has 2 aliphatic rings. The Morgan fingerprint density at radius 1 is 1.03 bits per heavy atom. The Morgan fingerprint density at radius 3 is 2.55 bits per heavy atom. The third kappa shape index (κ3) is 3.77. The van der Waals surface area contributed by atoms with Gasteiger partial charge in [0.05, 0.1) is 16.9 Å². The number of hydrogen-bond donors (Lipinski definition) is 2. The van der Waals surface area contributed by atoms with Crippen LogP contribution in [-0.4, -0.2) is 18.1 Å². The molecule has 1 aliphatic heterocycles. The minimum Gasteiger partial charge on any atom is -0.358 e. The van der Waals surface area contributed by atoms with Crippen molar-refractivity contribution in [3.8, 4) is 11.3 Å². The standard InChI is InChI=1S/C24H22F3N3S/c25-24(26,27)17-7-9-21-23(14-17)31-22-13-16(6-8-20(22)30(21)11-3-10-28)19-12-15-4-1-2-5-18(15)29-19/h1,4,6-9,12-14,29H,2-3,5,10-11,28H2. The Kier molecular flexibility index (Phi) is 5.10. The highest BCUT2D eigenvalue weighted by atomic mass is 32.2. The number of allylic oxidation sites excluding steroid dienone is 1. The maximum atomic E-state index is 13.3. The van der Waals surface area contributed by atoms with E-state index in [-0.39, 0.29) is 0 Å². The van der Waals surface area contributed by atoms with Crippen LogP contribution < -0.4 is 10.6 Å². The topological polar surface area (TPSA) is 45.0 Å². The van der Waals surface area contributed by atoms with E-state index in [9.17, 15) is 13.2 Å². The molecule has 7 heteroatoms. The lowest BCUT2D eigenvalue weighted by molar-refractivity contribution is -0.137. The predicted octanol–water partition coefficient (Wildman–Crippen LogP) is 6.61. The number of nitrogens with one attached hydrogen (secondary N) is 1. The number of halogens is 3. The summed E-state index contributed by atoms with van der Waals surface area (Å²) in [6.45, 7) is 1.18. The number of fused-ring (bicyclic) bond motifs is 3. The van der Waals surface area contributed by atoms with Crippen molar-refractivity contribution >= 4 is 29.2 Å². The number of aryl methyl sites for hydroxylation is 1. The smallest absolute Gasteiger partial charge is 0.358 e. The van der Waals surface area contributed by atoms with Crippen LogP contribution in [0.25, 0.3) is 17.3 Å². The van der Waals surface area contributed by atoms with Crippen molar-refractivity contribution in [3.05, 3.63) is 65.4 Å². The second-order valence-corrected chi connectivity index (χ2v) is 8.90. The Balaban J connectivity index is 1.56. The van der Waals surface area contributed by atoms with E-state index in [2.05, 4.69) is 46.3 Å². The first kappa shape index (κ1) is 20.3. The zero-order chi connectivity index (χ0) is 21.6. The molecule has 0 radical (unpaired) electrons. The second kappa shape index (κ2) is 7.80. The monoisotopic (exact) mass is 441 g/mol. The van der Waals surface area contributed by atoms with E-state index >= 15 is 0 Å². The number of hydrogen-bond acceptors (Lipinski definition) is 3. The summed E-state index contributed by atoms with van der Waals surface area (Å²) in [4.78, 5) is 7.16. The first-order valence-corrected chi connectivity index (χ1v) is 11.2. The Morgan fingerprint density at radius 2 is 1.81 bits per heavy atom. The molecule has 160 valence electrons. The number of nitrogens with two attached hydrogens (primary N) is 1. The fourth-order valence-electron chi connectivity index (χ4n) is 4.18. The summed E-state index contributed by atoms with van der Waals surface area (Å²) in [6.07, 6.45) is 2.72. The Bertz CT molecular complexity index is 1160. The molecule has 0 bridgehead atoms. The highest BCUT2D eigenvalue weighted by Gasteiger charge is 2.33. The van der Waals surface area contributed by atoms with Gasteiger partial charge in [-0.25, -0.2) is 0 Å². The van der Waals surface area contributed by atoms with Gasteiger partial charge >= 0.3 is 6.18 Å². The lowest BCUT2D eigenvalue weighted by Crippen LogP contribution is -2.24. The summed E-state index contributed by atoms with van der Waals surface area (Å²) >= 11 is 1.39. The first-order chi connectivity index (χ1) is 14.9. The molecule has 0 fully saturated rings. The van der Waals surface area contributed by atoms with Crippen molar-refractivity contribution in [2.45, 2.75) is 35.2 Å². The highest BCUT2D eigenvalue weighted by Crippen LogP contribution is 2.50. The number of alkyl halides is 3. The molecule has 31 heavy (non-hydrogen) atoms. The molecule has 2 heterocycles. The Hall–Kier alpha value is -2.64. The molecule has 2 aromatic carbocycles. The van der Waals surface area contributed by atoms with Gasteiger partial charge in [-0.05, 0) is 73.3 Å². The van der Waals surface area contributed by atoms with Gasteiger partial charge in [0.1, 0.15) is 0 Å². The first-order valence-electron chi connectivity index (χ1n) is 10.3. The molecule has 5 rings (SSSR count). The molecule has 3 aromatic rings. The highest BCUT2D eigenvalue weighted by molar-refractivity contribution is 7.99. The summed E-state index contributed by atoms with van der Waals surface area (Å²) in [5.41, 5.74) is 11.4. The largest absolute Gasteiger partial charge is 0.416 e. The molecule has 0 saturated carbocycles. The zero-order valence-electron chi connectivity index (χ0n) is 16.8. The fraction of sp³-hybridized carbons (Fsp3) is 0.250. The van der Waals surface area contributed by atoms with E-state index in [1.807, 2.05) is 0 Å². The van der Waals surface area contributed by atoms with Crippen LogP contribution in [0.3, 0.4) is 0 Å². The number of anilines is 2. The second-order valence-electron chi connectivity index (χ2n) is 7.82. The quantitative estimate of drug-likeness (QED) is 0.479. The van der Waals surface area contributed by atoms with Crippen LogP contribution in [0.15, 0.2) is 58.3 Å². The van der Waals surface area contributed by atoms with Crippen LogP contribution in [0.5, 0.6) is 0 Å². The number of aromatic amines is 1. The molecular formula is C24H22F3N3S. The van der Waals surface area contributed by atoms with Gasteiger partial charge < -0.3 is 15.6 Å². The van der Waals surface area contributed by atoms with E-state index < -0.39 is 11.7 Å².